The van der Waals surface area contributed by atoms with Crippen LogP contribution in [0.1, 0.15) is 19.3 Å². The monoisotopic (exact) mass is 533 g/mol. The molecule has 0 radical (unpaired) electrons. The quantitative estimate of drug-likeness (QED) is 0.188. The largest absolute Gasteiger partial charge is 0.381 e. The second kappa shape index (κ2) is 13.9. The lowest BCUT2D eigenvalue weighted by Gasteiger charge is -2.21. The van der Waals surface area contributed by atoms with Crippen molar-refractivity contribution in [3.8, 4) is 0 Å². The Bertz CT molecular complexity index is 703. The molecule has 2 aromatic rings. The van der Waals surface area contributed by atoms with Crippen LogP contribution in [0.15, 0.2) is 29.3 Å². The number of nitrogens with zero attached hydrogens (tertiary/aromatic N) is 2. The van der Waals surface area contributed by atoms with E-state index in [-0.39, 0.29) is 24.0 Å². The number of guanidine groups is 1. The molecule has 0 saturated carbocycles. The van der Waals surface area contributed by atoms with Gasteiger partial charge in [-0.1, -0.05) is 23.5 Å². The lowest BCUT2D eigenvalue weighted by molar-refractivity contribution is 0.0203. The Labute approximate surface area is 194 Å². The van der Waals surface area contributed by atoms with Crippen molar-refractivity contribution in [1.29, 1.82) is 0 Å². The smallest absolute Gasteiger partial charge is 0.191 e. The van der Waals surface area contributed by atoms with Gasteiger partial charge < -0.3 is 25.4 Å². The van der Waals surface area contributed by atoms with Crippen LogP contribution in [0.3, 0.4) is 0 Å². The molecule has 1 fully saturated rings. The number of ether oxygens (including phenoxy) is 2. The summed E-state index contributed by atoms with van der Waals surface area (Å²) in [5.41, 5.74) is 1.04. The third-order valence-electron chi connectivity index (χ3n) is 4.66. The van der Waals surface area contributed by atoms with Crippen LogP contribution in [-0.4, -0.2) is 64.1 Å². The summed E-state index contributed by atoms with van der Waals surface area (Å²) >= 11 is 1.68. The van der Waals surface area contributed by atoms with Gasteiger partial charge in [-0.3, -0.25) is 4.99 Å². The fourth-order valence-corrected chi connectivity index (χ4v) is 3.95. The number of benzene rings is 1. The second-order valence-corrected chi connectivity index (χ2v) is 7.85. The summed E-state index contributed by atoms with van der Waals surface area (Å²) in [4.78, 5) is 8.83. The molecule has 0 unspecified atom stereocenters. The SMILES string of the molecule is CN=C(NCCCOCC1CCOCC1)NCCNc1nc2ccccc2s1.I. The topological polar surface area (TPSA) is 79.8 Å². The molecule has 1 aromatic carbocycles. The molecule has 9 heteroatoms. The highest BCUT2D eigenvalue weighted by atomic mass is 127. The number of nitrogens with one attached hydrogen (secondary N) is 3. The van der Waals surface area contributed by atoms with Crippen molar-refractivity contribution in [2.75, 3.05) is 58.4 Å². The Hall–Kier alpha value is -1.17. The molecule has 0 spiro atoms. The van der Waals surface area contributed by atoms with Gasteiger partial charge in [0, 0.05) is 53.1 Å². The van der Waals surface area contributed by atoms with Gasteiger partial charge in [-0.05, 0) is 37.3 Å². The van der Waals surface area contributed by atoms with Gasteiger partial charge in [0.2, 0.25) is 0 Å². The van der Waals surface area contributed by atoms with Crippen LogP contribution in [0.4, 0.5) is 5.13 Å². The minimum Gasteiger partial charge on any atom is -0.381 e. The van der Waals surface area contributed by atoms with Crippen LogP contribution in [0.5, 0.6) is 0 Å². The van der Waals surface area contributed by atoms with Crippen molar-refractivity contribution in [3.63, 3.8) is 0 Å². The standard InChI is InChI=1S/C20H31N5O2S.HI/c1-21-19(22-9-4-12-27-15-16-7-13-26-14-8-16)23-10-11-24-20-25-17-5-2-3-6-18(17)28-20;/h2-3,5-6,16H,4,7-15H2,1H3,(H,24,25)(H2,21,22,23);1H. The maximum atomic E-state index is 5.79. The predicted octanol–water partition coefficient (Wildman–Crippen LogP) is 3.32. The van der Waals surface area contributed by atoms with E-state index < -0.39 is 0 Å². The summed E-state index contributed by atoms with van der Waals surface area (Å²) in [5.74, 6) is 1.48. The number of halogens is 1. The van der Waals surface area contributed by atoms with Gasteiger partial charge in [0.25, 0.3) is 0 Å². The molecule has 1 aliphatic heterocycles. The zero-order valence-corrected chi connectivity index (χ0v) is 20.1. The molecule has 1 saturated heterocycles. The molecule has 1 aromatic heterocycles. The number of hydrogen-bond donors (Lipinski definition) is 3. The summed E-state index contributed by atoms with van der Waals surface area (Å²) in [6, 6.07) is 8.18. The zero-order chi connectivity index (χ0) is 19.4. The third-order valence-corrected chi connectivity index (χ3v) is 5.66. The lowest BCUT2D eigenvalue weighted by Crippen LogP contribution is -2.40. The van der Waals surface area contributed by atoms with Crippen molar-refractivity contribution in [1.82, 2.24) is 15.6 Å². The van der Waals surface area contributed by atoms with E-state index in [4.69, 9.17) is 9.47 Å². The first-order valence-electron chi connectivity index (χ1n) is 10.0. The molecule has 3 N–H and O–H groups in total. The normalized spacial score (nSPS) is 15.1. The van der Waals surface area contributed by atoms with E-state index in [1.165, 1.54) is 4.70 Å². The van der Waals surface area contributed by atoms with E-state index in [1.54, 1.807) is 18.4 Å². The van der Waals surface area contributed by atoms with E-state index in [0.717, 1.165) is 81.9 Å². The number of thiazole rings is 1. The molecule has 0 bridgehead atoms. The Kier molecular flexibility index (Phi) is 11.6. The first-order valence-corrected chi connectivity index (χ1v) is 10.9. The molecule has 0 atom stereocenters. The van der Waals surface area contributed by atoms with Crippen molar-refractivity contribution in [2.24, 2.45) is 10.9 Å². The first kappa shape index (κ1) is 24.1. The summed E-state index contributed by atoms with van der Waals surface area (Å²) in [5, 5.41) is 11.0. The predicted molar refractivity (Wildman–Crippen MR) is 132 cm³/mol. The number of aliphatic imine (C=N–C) groups is 1. The van der Waals surface area contributed by atoms with Gasteiger partial charge in [0.15, 0.2) is 11.1 Å². The number of para-hydroxylation sites is 1. The number of hydrogen-bond acceptors (Lipinski definition) is 6. The van der Waals surface area contributed by atoms with Gasteiger partial charge in [0.05, 0.1) is 10.2 Å². The van der Waals surface area contributed by atoms with E-state index in [0.29, 0.717) is 5.92 Å². The first-order chi connectivity index (χ1) is 13.8. The Morgan fingerprint density at radius 3 is 2.79 bits per heavy atom. The molecule has 0 aliphatic carbocycles. The number of aromatic nitrogens is 1. The minimum atomic E-state index is 0. The van der Waals surface area contributed by atoms with Gasteiger partial charge in [-0.2, -0.15) is 0 Å². The van der Waals surface area contributed by atoms with E-state index in [1.807, 2.05) is 18.2 Å². The van der Waals surface area contributed by atoms with Gasteiger partial charge >= 0.3 is 0 Å². The number of rotatable bonds is 10. The molecule has 1 aliphatic rings. The van der Waals surface area contributed by atoms with Crippen molar-refractivity contribution < 1.29 is 9.47 Å². The molecule has 29 heavy (non-hydrogen) atoms. The van der Waals surface area contributed by atoms with Crippen molar-refractivity contribution in [3.05, 3.63) is 24.3 Å². The number of fused-ring (bicyclic) bond motifs is 1. The summed E-state index contributed by atoms with van der Waals surface area (Å²) < 4.78 is 12.4. The van der Waals surface area contributed by atoms with Crippen LogP contribution < -0.4 is 16.0 Å². The average Bonchev–Trinajstić information content (AvgIpc) is 3.15. The van der Waals surface area contributed by atoms with Crippen molar-refractivity contribution in [2.45, 2.75) is 19.3 Å². The van der Waals surface area contributed by atoms with Crippen LogP contribution in [0, 0.1) is 5.92 Å². The van der Waals surface area contributed by atoms with Crippen molar-refractivity contribution >= 4 is 56.6 Å². The molecular formula is C20H32IN5O2S. The summed E-state index contributed by atoms with van der Waals surface area (Å²) in [6.07, 6.45) is 3.22. The lowest BCUT2D eigenvalue weighted by atomic mass is 10.0. The molecule has 3 rings (SSSR count). The second-order valence-electron chi connectivity index (χ2n) is 6.82. The summed E-state index contributed by atoms with van der Waals surface area (Å²) in [7, 11) is 1.79. The fourth-order valence-electron chi connectivity index (χ4n) is 3.06. The Morgan fingerprint density at radius 1 is 1.21 bits per heavy atom. The van der Waals surface area contributed by atoms with Gasteiger partial charge in [-0.15, -0.1) is 24.0 Å². The number of anilines is 1. The maximum absolute atomic E-state index is 5.79. The highest BCUT2D eigenvalue weighted by Gasteiger charge is 2.13. The van der Waals surface area contributed by atoms with Crippen LogP contribution in [0.25, 0.3) is 10.2 Å². The maximum Gasteiger partial charge on any atom is 0.191 e. The van der Waals surface area contributed by atoms with E-state index in [9.17, 15) is 0 Å². The average molecular weight is 533 g/mol. The van der Waals surface area contributed by atoms with Gasteiger partial charge in [-0.25, -0.2) is 4.98 Å². The molecule has 162 valence electrons. The molecular weight excluding hydrogens is 501 g/mol. The molecule has 7 nitrogen and oxygen atoms in total. The van der Waals surface area contributed by atoms with Gasteiger partial charge in [0.1, 0.15) is 0 Å². The third kappa shape index (κ3) is 8.61. The van der Waals surface area contributed by atoms with Crippen LogP contribution in [0.2, 0.25) is 0 Å². The van der Waals surface area contributed by atoms with E-state index in [2.05, 4.69) is 32.0 Å². The van der Waals surface area contributed by atoms with Crippen LogP contribution in [-0.2, 0) is 9.47 Å². The summed E-state index contributed by atoms with van der Waals surface area (Å²) in [6.45, 7) is 5.80. The van der Waals surface area contributed by atoms with Crippen LogP contribution >= 0.6 is 35.3 Å². The molecule has 0 amide bonds. The zero-order valence-electron chi connectivity index (χ0n) is 17.0. The fraction of sp³-hybridized carbons (Fsp3) is 0.600. The highest BCUT2D eigenvalue weighted by Crippen LogP contribution is 2.24. The minimum absolute atomic E-state index is 0. The Balaban J connectivity index is 0.00000300. The van der Waals surface area contributed by atoms with E-state index >= 15 is 0 Å². The molecule has 2 heterocycles. The Morgan fingerprint density at radius 2 is 2.00 bits per heavy atom. The highest BCUT2D eigenvalue weighted by molar-refractivity contribution is 14.0.